The Kier molecular flexibility index (Phi) is 4.81. The fourth-order valence-electron chi connectivity index (χ4n) is 2.35. The smallest absolute Gasteiger partial charge is 0.272 e. The predicted molar refractivity (Wildman–Crippen MR) is 92.0 cm³/mol. The molecule has 0 atom stereocenters. The molecule has 2 aromatic heterocycles. The summed E-state index contributed by atoms with van der Waals surface area (Å²) in [7, 11) is 0. The Bertz CT molecular complexity index is 892. The molecular weight excluding hydrogens is 306 g/mol. The van der Waals surface area contributed by atoms with Crippen molar-refractivity contribution in [3.8, 4) is 0 Å². The third kappa shape index (κ3) is 3.57. The van der Waals surface area contributed by atoms with Gasteiger partial charge in [0.1, 0.15) is 0 Å². The number of fused-ring (bicyclic) bond motifs is 1. The molecule has 0 fully saturated rings. The Morgan fingerprint density at radius 2 is 1.92 bits per heavy atom. The number of aromatic nitrogens is 3. The van der Waals surface area contributed by atoms with Crippen molar-refractivity contribution in [2.45, 2.75) is 6.42 Å². The zero-order chi connectivity index (χ0) is 16.8. The summed E-state index contributed by atoms with van der Waals surface area (Å²) in [5.41, 5.74) is 0.332. The number of carbonyl (C=O) groups excluding carboxylic acids is 1. The Labute approximate surface area is 138 Å². The maximum absolute atomic E-state index is 11.9. The summed E-state index contributed by atoms with van der Waals surface area (Å²) in [6.45, 7) is 1.15. The first-order valence-corrected chi connectivity index (χ1v) is 7.65. The van der Waals surface area contributed by atoms with Crippen LogP contribution in [0.25, 0.3) is 10.8 Å². The summed E-state index contributed by atoms with van der Waals surface area (Å²) in [6.07, 6.45) is 3.88. The largest absolute Gasteiger partial charge is 0.368 e. The highest BCUT2D eigenvalue weighted by Crippen LogP contribution is 2.16. The molecule has 0 unspecified atom stereocenters. The van der Waals surface area contributed by atoms with Crippen molar-refractivity contribution >= 4 is 22.5 Å². The number of anilines is 1. The molecule has 122 valence electrons. The Hall–Kier alpha value is -3.22. The third-order valence-electron chi connectivity index (χ3n) is 3.55. The van der Waals surface area contributed by atoms with Gasteiger partial charge in [-0.25, -0.2) is 5.10 Å². The van der Waals surface area contributed by atoms with Crippen molar-refractivity contribution < 1.29 is 4.79 Å². The summed E-state index contributed by atoms with van der Waals surface area (Å²) in [5, 5.41) is 13.9. The Balaban J connectivity index is 1.52. The lowest BCUT2D eigenvalue weighted by Crippen LogP contribution is -2.26. The second-order valence-electron chi connectivity index (χ2n) is 5.22. The van der Waals surface area contributed by atoms with Gasteiger partial charge in [-0.3, -0.25) is 14.6 Å². The average molecular weight is 323 g/mol. The number of rotatable bonds is 6. The van der Waals surface area contributed by atoms with E-state index < -0.39 is 0 Å². The highest BCUT2D eigenvalue weighted by molar-refractivity contribution is 5.93. The van der Waals surface area contributed by atoms with E-state index in [-0.39, 0.29) is 11.5 Å². The molecule has 2 heterocycles. The molecular formula is C17H17N5O2. The monoisotopic (exact) mass is 323 g/mol. The number of nitrogens with one attached hydrogen (secondary N) is 3. The predicted octanol–water partition coefficient (Wildman–Crippen LogP) is 1.55. The topological polar surface area (TPSA) is 99.8 Å². The molecule has 0 spiro atoms. The van der Waals surface area contributed by atoms with Crippen LogP contribution in [-0.2, 0) is 0 Å². The van der Waals surface area contributed by atoms with Gasteiger partial charge in [0.05, 0.1) is 10.9 Å². The molecule has 7 nitrogen and oxygen atoms in total. The van der Waals surface area contributed by atoms with Crippen LogP contribution in [0.5, 0.6) is 0 Å². The molecule has 7 heteroatoms. The first kappa shape index (κ1) is 15.7. The van der Waals surface area contributed by atoms with Gasteiger partial charge in [0, 0.05) is 30.9 Å². The van der Waals surface area contributed by atoms with Gasteiger partial charge in [0.15, 0.2) is 5.82 Å². The van der Waals surface area contributed by atoms with E-state index in [1.54, 1.807) is 24.4 Å². The number of aromatic amines is 1. The third-order valence-corrected chi connectivity index (χ3v) is 3.55. The average Bonchev–Trinajstić information content (AvgIpc) is 2.64. The molecule has 0 aliphatic carbocycles. The maximum Gasteiger partial charge on any atom is 0.272 e. The number of H-pyrrole nitrogens is 1. The summed E-state index contributed by atoms with van der Waals surface area (Å²) in [6, 6.07) is 10.7. The molecule has 0 radical (unpaired) electrons. The van der Waals surface area contributed by atoms with Crippen LogP contribution in [0.1, 0.15) is 16.8 Å². The fourth-order valence-corrected chi connectivity index (χ4v) is 2.35. The fraction of sp³-hybridized carbons (Fsp3) is 0.176. The second-order valence-corrected chi connectivity index (χ2v) is 5.22. The first-order valence-electron chi connectivity index (χ1n) is 7.65. The first-order chi connectivity index (χ1) is 11.8. The van der Waals surface area contributed by atoms with Crippen molar-refractivity contribution in [1.82, 2.24) is 20.5 Å². The summed E-state index contributed by atoms with van der Waals surface area (Å²) >= 11 is 0. The van der Waals surface area contributed by atoms with Crippen molar-refractivity contribution in [2.24, 2.45) is 0 Å². The van der Waals surface area contributed by atoms with Gasteiger partial charge in [-0.15, -0.1) is 0 Å². The number of hydrogen-bond acceptors (Lipinski definition) is 5. The Morgan fingerprint density at radius 3 is 2.71 bits per heavy atom. The van der Waals surface area contributed by atoms with Crippen molar-refractivity contribution in [3.63, 3.8) is 0 Å². The minimum Gasteiger partial charge on any atom is -0.368 e. The molecule has 0 bridgehead atoms. The standard InChI is InChI=1S/C17H17N5O2/c23-16(12-5-3-8-18-11-12)20-10-4-9-19-15-13-6-1-2-7-14(13)17(24)22-21-15/h1-3,5-8,11H,4,9-10H2,(H,19,21)(H,20,23)(H,22,24). The highest BCUT2D eigenvalue weighted by Gasteiger charge is 2.06. The zero-order valence-electron chi connectivity index (χ0n) is 13.0. The molecule has 0 saturated heterocycles. The van der Waals surface area contributed by atoms with Crippen LogP contribution in [0.4, 0.5) is 5.82 Å². The van der Waals surface area contributed by atoms with Gasteiger partial charge >= 0.3 is 0 Å². The lowest BCUT2D eigenvalue weighted by molar-refractivity contribution is 0.0953. The van der Waals surface area contributed by atoms with E-state index >= 15 is 0 Å². The van der Waals surface area contributed by atoms with Crippen LogP contribution in [0.15, 0.2) is 53.6 Å². The molecule has 3 aromatic rings. The molecule has 1 aromatic carbocycles. The molecule has 3 N–H and O–H groups in total. The van der Waals surface area contributed by atoms with Crippen LogP contribution < -0.4 is 16.2 Å². The number of nitrogens with zero attached hydrogens (tertiary/aromatic N) is 2. The molecule has 1 amide bonds. The van der Waals surface area contributed by atoms with E-state index in [0.29, 0.717) is 29.9 Å². The van der Waals surface area contributed by atoms with Crippen molar-refractivity contribution in [2.75, 3.05) is 18.4 Å². The van der Waals surface area contributed by atoms with E-state index in [4.69, 9.17) is 0 Å². The molecule has 0 saturated carbocycles. The van der Waals surface area contributed by atoms with Gasteiger partial charge in [-0.2, -0.15) is 5.10 Å². The number of pyridine rings is 1. The van der Waals surface area contributed by atoms with Gasteiger partial charge < -0.3 is 10.6 Å². The number of hydrogen-bond donors (Lipinski definition) is 3. The lowest BCUT2D eigenvalue weighted by atomic mass is 10.2. The van der Waals surface area contributed by atoms with Crippen LogP contribution in [0, 0.1) is 0 Å². The zero-order valence-corrected chi connectivity index (χ0v) is 13.0. The normalized spacial score (nSPS) is 10.5. The second kappa shape index (κ2) is 7.36. The SMILES string of the molecule is O=C(NCCCNc1n[nH]c(=O)c2ccccc12)c1cccnc1. The quantitative estimate of drug-likeness (QED) is 0.598. The van der Waals surface area contributed by atoms with E-state index in [1.807, 2.05) is 18.2 Å². The summed E-state index contributed by atoms with van der Waals surface area (Å²) < 4.78 is 0. The minimum atomic E-state index is -0.208. The molecule has 3 rings (SSSR count). The highest BCUT2D eigenvalue weighted by atomic mass is 16.1. The van der Waals surface area contributed by atoms with Crippen LogP contribution in [0.2, 0.25) is 0 Å². The molecule has 0 aliphatic heterocycles. The van der Waals surface area contributed by atoms with Gasteiger partial charge in [-0.05, 0) is 24.6 Å². The Morgan fingerprint density at radius 1 is 1.08 bits per heavy atom. The molecule has 24 heavy (non-hydrogen) atoms. The van der Waals surface area contributed by atoms with Crippen molar-refractivity contribution in [3.05, 3.63) is 64.7 Å². The van der Waals surface area contributed by atoms with Gasteiger partial charge in [0.2, 0.25) is 0 Å². The van der Waals surface area contributed by atoms with Gasteiger partial charge in [-0.1, -0.05) is 18.2 Å². The van der Waals surface area contributed by atoms with Crippen LogP contribution >= 0.6 is 0 Å². The van der Waals surface area contributed by atoms with E-state index in [2.05, 4.69) is 25.8 Å². The van der Waals surface area contributed by atoms with Crippen LogP contribution in [-0.4, -0.2) is 34.2 Å². The van der Waals surface area contributed by atoms with Crippen LogP contribution in [0.3, 0.4) is 0 Å². The maximum atomic E-state index is 11.9. The molecule has 0 aliphatic rings. The summed E-state index contributed by atoms with van der Waals surface area (Å²) in [4.78, 5) is 27.5. The van der Waals surface area contributed by atoms with Crippen molar-refractivity contribution in [1.29, 1.82) is 0 Å². The van der Waals surface area contributed by atoms with E-state index in [1.165, 1.54) is 6.20 Å². The number of carbonyl (C=O) groups is 1. The van der Waals surface area contributed by atoms with E-state index in [0.717, 1.165) is 11.8 Å². The lowest BCUT2D eigenvalue weighted by Gasteiger charge is -2.08. The minimum absolute atomic E-state index is 0.143. The van der Waals surface area contributed by atoms with Gasteiger partial charge in [0.25, 0.3) is 11.5 Å². The van der Waals surface area contributed by atoms with E-state index in [9.17, 15) is 9.59 Å². The number of amides is 1. The summed E-state index contributed by atoms with van der Waals surface area (Å²) in [5.74, 6) is 0.486. The number of benzene rings is 1.